The van der Waals surface area contributed by atoms with E-state index in [0.717, 1.165) is 29.0 Å². The van der Waals surface area contributed by atoms with Crippen LogP contribution >= 0.6 is 11.6 Å². The first-order chi connectivity index (χ1) is 8.54. The second kappa shape index (κ2) is 5.47. The molecule has 1 aliphatic carbocycles. The van der Waals surface area contributed by atoms with Crippen molar-refractivity contribution in [2.75, 3.05) is 13.2 Å². The Morgan fingerprint density at radius 1 is 1.39 bits per heavy atom. The van der Waals surface area contributed by atoms with Crippen molar-refractivity contribution >= 4 is 11.6 Å². The molecular formula is C14H21ClN2O. The molecule has 0 heterocycles. The zero-order valence-corrected chi connectivity index (χ0v) is 11.8. The van der Waals surface area contributed by atoms with Crippen LogP contribution in [-0.2, 0) is 0 Å². The summed E-state index contributed by atoms with van der Waals surface area (Å²) < 4.78 is 5.84. The molecule has 100 valence electrons. The summed E-state index contributed by atoms with van der Waals surface area (Å²) >= 11 is 6.29. The van der Waals surface area contributed by atoms with Gasteiger partial charge in [0.1, 0.15) is 5.75 Å². The van der Waals surface area contributed by atoms with E-state index in [1.165, 1.54) is 12.8 Å². The second-order valence-electron chi connectivity index (χ2n) is 5.12. The largest absolute Gasteiger partial charge is 0.491 e. The van der Waals surface area contributed by atoms with Crippen LogP contribution in [0.5, 0.6) is 5.75 Å². The Labute approximate surface area is 113 Å². The van der Waals surface area contributed by atoms with Crippen LogP contribution in [-0.4, -0.2) is 13.2 Å². The molecule has 1 aromatic rings. The van der Waals surface area contributed by atoms with Crippen LogP contribution in [0.4, 0.5) is 0 Å². The highest BCUT2D eigenvalue weighted by molar-refractivity contribution is 6.32. The maximum atomic E-state index is 6.29. The van der Waals surface area contributed by atoms with Gasteiger partial charge >= 0.3 is 0 Å². The third-order valence-electron chi connectivity index (χ3n) is 3.65. The standard InChI is InChI=1S/C14H21ClN2O/c1-8-9(2)14(18-7-10-3-4-10)12(15)5-11(8)13(17)6-16/h5,10,13H,3-4,6-7,16-17H2,1-2H3. The molecule has 4 heteroatoms. The highest BCUT2D eigenvalue weighted by Gasteiger charge is 2.23. The predicted molar refractivity (Wildman–Crippen MR) is 75.1 cm³/mol. The van der Waals surface area contributed by atoms with Gasteiger partial charge in [0.25, 0.3) is 0 Å². The van der Waals surface area contributed by atoms with Gasteiger partial charge in [0.2, 0.25) is 0 Å². The van der Waals surface area contributed by atoms with E-state index < -0.39 is 0 Å². The van der Waals surface area contributed by atoms with Crippen LogP contribution in [0, 0.1) is 19.8 Å². The molecule has 1 aromatic carbocycles. The van der Waals surface area contributed by atoms with E-state index in [4.69, 9.17) is 27.8 Å². The molecule has 3 nitrogen and oxygen atoms in total. The minimum atomic E-state index is -0.168. The van der Waals surface area contributed by atoms with Gasteiger partial charge < -0.3 is 16.2 Å². The SMILES string of the molecule is Cc1c(C(N)CN)cc(Cl)c(OCC2CC2)c1C. The monoisotopic (exact) mass is 268 g/mol. The van der Waals surface area contributed by atoms with Gasteiger partial charge in [-0.25, -0.2) is 0 Å². The fourth-order valence-electron chi connectivity index (χ4n) is 2.05. The molecule has 2 rings (SSSR count). The molecule has 0 radical (unpaired) electrons. The molecular weight excluding hydrogens is 248 g/mol. The van der Waals surface area contributed by atoms with Gasteiger partial charge in [-0.3, -0.25) is 0 Å². The summed E-state index contributed by atoms with van der Waals surface area (Å²) in [5.41, 5.74) is 14.8. The van der Waals surface area contributed by atoms with Crippen LogP contribution in [0.3, 0.4) is 0 Å². The second-order valence-corrected chi connectivity index (χ2v) is 5.53. The smallest absolute Gasteiger partial charge is 0.141 e. The molecule has 1 aliphatic rings. The van der Waals surface area contributed by atoms with Gasteiger partial charge in [-0.2, -0.15) is 0 Å². The van der Waals surface area contributed by atoms with E-state index in [1.807, 2.05) is 19.9 Å². The van der Waals surface area contributed by atoms with Crippen LogP contribution in [0.2, 0.25) is 5.02 Å². The predicted octanol–water partition coefficient (Wildman–Crippen LogP) is 2.70. The summed E-state index contributed by atoms with van der Waals surface area (Å²) in [4.78, 5) is 0. The molecule has 1 unspecified atom stereocenters. The van der Waals surface area contributed by atoms with Gasteiger partial charge in [-0.15, -0.1) is 0 Å². The average molecular weight is 269 g/mol. The Balaban J connectivity index is 2.27. The Hall–Kier alpha value is -0.770. The van der Waals surface area contributed by atoms with Crippen molar-refractivity contribution in [3.8, 4) is 5.75 Å². The van der Waals surface area contributed by atoms with Crippen molar-refractivity contribution in [2.24, 2.45) is 17.4 Å². The van der Waals surface area contributed by atoms with Gasteiger partial charge in [0, 0.05) is 12.6 Å². The fourth-order valence-corrected chi connectivity index (χ4v) is 2.37. The third kappa shape index (κ3) is 2.79. The zero-order valence-electron chi connectivity index (χ0n) is 11.0. The molecule has 0 spiro atoms. The summed E-state index contributed by atoms with van der Waals surface area (Å²) in [5, 5.41) is 0.637. The number of nitrogens with two attached hydrogens (primary N) is 2. The zero-order chi connectivity index (χ0) is 13.3. The van der Waals surface area contributed by atoms with E-state index in [2.05, 4.69) is 0 Å². The lowest BCUT2D eigenvalue weighted by Crippen LogP contribution is -2.22. The maximum Gasteiger partial charge on any atom is 0.141 e. The van der Waals surface area contributed by atoms with Crippen LogP contribution < -0.4 is 16.2 Å². The number of ether oxygens (including phenoxy) is 1. The maximum absolute atomic E-state index is 6.29. The highest BCUT2D eigenvalue weighted by Crippen LogP contribution is 2.37. The van der Waals surface area contributed by atoms with E-state index in [1.54, 1.807) is 0 Å². The van der Waals surface area contributed by atoms with Crippen molar-refractivity contribution < 1.29 is 4.74 Å². The Bertz CT molecular complexity index is 444. The van der Waals surface area contributed by atoms with E-state index in [9.17, 15) is 0 Å². The van der Waals surface area contributed by atoms with Crippen molar-refractivity contribution in [3.05, 3.63) is 27.8 Å². The first-order valence-corrected chi connectivity index (χ1v) is 6.80. The number of halogens is 1. The Kier molecular flexibility index (Phi) is 4.15. The topological polar surface area (TPSA) is 61.3 Å². The van der Waals surface area contributed by atoms with Gasteiger partial charge in [0.15, 0.2) is 0 Å². The molecule has 18 heavy (non-hydrogen) atoms. The molecule has 0 amide bonds. The lowest BCUT2D eigenvalue weighted by molar-refractivity contribution is 0.297. The van der Waals surface area contributed by atoms with E-state index in [-0.39, 0.29) is 6.04 Å². The first kappa shape index (κ1) is 13.7. The van der Waals surface area contributed by atoms with Crippen molar-refractivity contribution in [2.45, 2.75) is 32.7 Å². The quantitative estimate of drug-likeness (QED) is 0.863. The first-order valence-electron chi connectivity index (χ1n) is 6.42. The highest BCUT2D eigenvalue weighted by atomic mass is 35.5. The average Bonchev–Trinajstić information content (AvgIpc) is 3.16. The summed E-state index contributed by atoms with van der Waals surface area (Å²) in [7, 11) is 0. The molecule has 0 aromatic heterocycles. The lowest BCUT2D eigenvalue weighted by Gasteiger charge is -2.19. The number of rotatable bonds is 5. The lowest BCUT2D eigenvalue weighted by atomic mass is 9.97. The molecule has 4 N–H and O–H groups in total. The summed E-state index contributed by atoms with van der Waals surface area (Å²) in [6.45, 7) is 5.25. The van der Waals surface area contributed by atoms with Crippen molar-refractivity contribution in [1.82, 2.24) is 0 Å². The molecule has 1 saturated carbocycles. The van der Waals surface area contributed by atoms with Crippen LogP contribution in [0.15, 0.2) is 6.07 Å². The van der Waals surface area contributed by atoms with E-state index >= 15 is 0 Å². The van der Waals surface area contributed by atoms with Crippen LogP contribution in [0.1, 0.15) is 35.6 Å². The Morgan fingerprint density at radius 3 is 2.61 bits per heavy atom. The molecule has 1 atom stereocenters. The minimum absolute atomic E-state index is 0.168. The number of hydrogen-bond acceptors (Lipinski definition) is 3. The molecule has 0 aliphatic heterocycles. The number of benzene rings is 1. The van der Waals surface area contributed by atoms with E-state index in [0.29, 0.717) is 17.5 Å². The van der Waals surface area contributed by atoms with Gasteiger partial charge in [0.05, 0.1) is 11.6 Å². The fraction of sp³-hybridized carbons (Fsp3) is 0.571. The van der Waals surface area contributed by atoms with Crippen LogP contribution in [0.25, 0.3) is 0 Å². The molecule has 0 bridgehead atoms. The Morgan fingerprint density at radius 2 is 2.06 bits per heavy atom. The van der Waals surface area contributed by atoms with Gasteiger partial charge in [-0.1, -0.05) is 11.6 Å². The molecule has 0 saturated heterocycles. The summed E-state index contributed by atoms with van der Waals surface area (Å²) in [6, 6.07) is 1.72. The minimum Gasteiger partial charge on any atom is -0.491 e. The third-order valence-corrected chi connectivity index (χ3v) is 3.93. The van der Waals surface area contributed by atoms with Crippen molar-refractivity contribution in [3.63, 3.8) is 0 Å². The van der Waals surface area contributed by atoms with Gasteiger partial charge in [-0.05, 0) is 55.4 Å². The number of hydrogen-bond donors (Lipinski definition) is 2. The normalized spacial score (nSPS) is 16.7. The van der Waals surface area contributed by atoms with Crippen molar-refractivity contribution in [1.29, 1.82) is 0 Å². The summed E-state index contributed by atoms with van der Waals surface area (Å²) in [6.07, 6.45) is 2.54. The summed E-state index contributed by atoms with van der Waals surface area (Å²) in [5.74, 6) is 1.51. The molecule has 1 fully saturated rings.